The lowest BCUT2D eigenvalue weighted by molar-refractivity contribution is 0.283. The first-order chi connectivity index (χ1) is 7.74. The number of aliphatic hydroxyl groups excluding tert-OH is 1. The molecule has 1 rings (SSSR count). The van der Waals surface area contributed by atoms with Crippen molar-refractivity contribution in [2.45, 2.75) is 25.7 Å². The second-order valence-electron chi connectivity index (χ2n) is 3.55. The summed E-state index contributed by atoms with van der Waals surface area (Å²) in [4.78, 5) is 4.18. The van der Waals surface area contributed by atoms with Gasteiger partial charge >= 0.3 is 0 Å². The summed E-state index contributed by atoms with van der Waals surface area (Å²) < 4.78 is 0.885. The molecule has 90 valence electrons. The Bertz CT molecular complexity index is 323. The molecule has 0 aliphatic rings. The molecule has 1 aromatic heterocycles. The highest BCUT2D eigenvalue weighted by Gasteiger charge is 2.00. The van der Waals surface area contributed by atoms with E-state index in [1.54, 1.807) is 6.20 Å². The fraction of sp³-hybridized carbons (Fsp3) is 0.545. The predicted molar refractivity (Wildman–Crippen MR) is 71.0 cm³/mol. The number of hydrogen-bond donors (Lipinski definition) is 2. The molecule has 0 fully saturated rings. The second-order valence-corrected chi connectivity index (χ2v) is 4.84. The molecule has 1 heterocycles. The van der Waals surface area contributed by atoms with Gasteiger partial charge in [0.2, 0.25) is 0 Å². The number of halogens is 2. The van der Waals surface area contributed by atoms with E-state index >= 15 is 0 Å². The monoisotopic (exact) mass is 306 g/mol. The van der Waals surface area contributed by atoms with E-state index in [1.807, 2.05) is 6.07 Å². The zero-order chi connectivity index (χ0) is 11.8. The molecule has 0 amide bonds. The van der Waals surface area contributed by atoms with Crippen molar-refractivity contribution in [1.29, 1.82) is 0 Å². The van der Waals surface area contributed by atoms with Gasteiger partial charge in [0.1, 0.15) is 5.82 Å². The van der Waals surface area contributed by atoms with Crippen molar-refractivity contribution in [1.82, 2.24) is 4.98 Å². The largest absolute Gasteiger partial charge is 0.396 e. The molecule has 16 heavy (non-hydrogen) atoms. The van der Waals surface area contributed by atoms with Crippen LogP contribution in [0.4, 0.5) is 5.82 Å². The molecule has 5 heteroatoms. The average Bonchev–Trinajstić information content (AvgIpc) is 2.26. The highest BCUT2D eigenvalue weighted by atomic mass is 79.9. The van der Waals surface area contributed by atoms with Crippen molar-refractivity contribution < 1.29 is 5.11 Å². The molecule has 1 aromatic rings. The molecule has 0 aliphatic carbocycles. The molecule has 0 saturated carbocycles. The van der Waals surface area contributed by atoms with Crippen LogP contribution in [-0.2, 0) is 0 Å². The average molecular weight is 308 g/mol. The van der Waals surface area contributed by atoms with E-state index in [-0.39, 0.29) is 6.61 Å². The maximum Gasteiger partial charge on any atom is 0.140 e. The van der Waals surface area contributed by atoms with Crippen LogP contribution in [0.3, 0.4) is 0 Å². The minimum absolute atomic E-state index is 0.289. The van der Waals surface area contributed by atoms with Gasteiger partial charge < -0.3 is 10.4 Å². The van der Waals surface area contributed by atoms with Crippen LogP contribution in [0.15, 0.2) is 16.7 Å². The van der Waals surface area contributed by atoms with Gasteiger partial charge in [0, 0.05) is 19.3 Å². The van der Waals surface area contributed by atoms with E-state index in [1.165, 1.54) is 0 Å². The van der Waals surface area contributed by atoms with Gasteiger partial charge in [-0.3, -0.25) is 0 Å². The van der Waals surface area contributed by atoms with Gasteiger partial charge in [0.25, 0.3) is 0 Å². The number of nitrogens with zero attached hydrogens (tertiary/aromatic N) is 1. The number of aromatic nitrogens is 1. The third kappa shape index (κ3) is 5.14. The van der Waals surface area contributed by atoms with Crippen molar-refractivity contribution in [3.63, 3.8) is 0 Å². The molecule has 0 saturated heterocycles. The Balaban J connectivity index is 2.21. The summed E-state index contributed by atoms with van der Waals surface area (Å²) in [5, 5.41) is 12.5. The predicted octanol–water partition coefficient (Wildman–Crippen LogP) is 3.46. The SMILES string of the molecule is OCCCCCCNc1ncc(Cl)cc1Br. The maximum absolute atomic E-state index is 8.62. The number of nitrogens with one attached hydrogen (secondary N) is 1. The fourth-order valence-corrected chi connectivity index (χ4v) is 2.12. The molecule has 0 unspecified atom stereocenters. The topological polar surface area (TPSA) is 45.1 Å². The van der Waals surface area contributed by atoms with E-state index < -0.39 is 0 Å². The van der Waals surface area contributed by atoms with Gasteiger partial charge in [-0.2, -0.15) is 0 Å². The van der Waals surface area contributed by atoms with Crippen LogP contribution in [0.5, 0.6) is 0 Å². The van der Waals surface area contributed by atoms with Crippen LogP contribution in [0, 0.1) is 0 Å². The third-order valence-electron chi connectivity index (χ3n) is 2.19. The number of anilines is 1. The van der Waals surface area contributed by atoms with Gasteiger partial charge in [-0.05, 0) is 34.8 Å². The molecule has 0 bridgehead atoms. The lowest BCUT2D eigenvalue weighted by Gasteiger charge is -2.07. The smallest absolute Gasteiger partial charge is 0.140 e. The minimum atomic E-state index is 0.289. The molecular weight excluding hydrogens is 291 g/mol. The molecule has 0 aliphatic heterocycles. The number of pyridine rings is 1. The molecule has 3 nitrogen and oxygen atoms in total. The first kappa shape index (κ1) is 13.7. The normalized spacial score (nSPS) is 10.4. The summed E-state index contributed by atoms with van der Waals surface area (Å²) in [7, 11) is 0. The van der Waals surface area contributed by atoms with Crippen molar-refractivity contribution >= 4 is 33.3 Å². The first-order valence-electron chi connectivity index (χ1n) is 5.40. The molecular formula is C11H16BrClN2O. The molecule has 0 aromatic carbocycles. The molecule has 0 spiro atoms. The number of aliphatic hydroxyl groups is 1. The van der Waals surface area contributed by atoms with Crippen molar-refractivity contribution in [3.8, 4) is 0 Å². The van der Waals surface area contributed by atoms with Crippen molar-refractivity contribution in [2.75, 3.05) is 18.5 Å². The number of rotatable bonds is 7. The highest BCUT2D eigenvalue weighted by Crippen LogP contribution is 2.22. The minimum Gasteiger partial charge on any atom is -0.396 e. The van der Waals surface area contributed by atoms with Crippen LogP contribution in [0.2, 0.25) is 5.02 Å². The van der Waals surface area contributed by atoms with Gasteiger partial charge in [-0.25, -0.2) is 4.98 Å². The van der Waals surface area contributed by atoms with Gasteiger partial charge in [0.05, 0.1) is 9.50 Å². The van der Waals surface area contributed by atoms with Crippen LogP contribution < -0.4 is 5.32 Å². The molecule has 0 radical (unpaired) electrons. The highest BCUT2D eigenvalue weighted by molar-refractivity contribution is 9.10. The first-order valence-corrected chi connectivity index (χ1v) is 6.57. The third-order valence-corrected chi connectivity index (χ3v) is 3.00. The fourth-order valence-electron chi connectivity index (χ4n) is 1.34. The number of unbranched alkanes of at least 4 members (excludes halogenated alkanes) is 3. The van der Waals surface area contributed by atoms with Crippen molar-refractivity contribution in [3.05, 3.63) is 21.8 Å². The second kappa shape index (κ2) is 7.87. The molecule has 2 N–H and O–H groups in total. The van der Waals surface area contributed by atoms with E-state index in [0.717, 1.165) is 42.5 Å². The Morgan fingerprint density at radius 3 is 2.75 bits per heavy atom. The van der Waals surface area contributed by atoms with E-state index in [9.17, 15) is 0 Å². The summed E-state index contributed by atoms with van der Waals surface area (Å²) in [5.74, 6) is 0.826. The Labute approximate surface area is 109 Å². The Hall–Kier alpha value is -0.320. The van der Waals surface area contributed by atoms with E-state index in [2.05, 4.69) is 26.2 Å². The number of hydrogen-bond acceptors (Lipinski definition) is 3. The lowest BCUT2D eigenvalue weighted by Crippen LogP contribution is -2.03. The zero-order valence-corrected chi connectivity index (χ0v) is 11.4. The van der Waals surface area contributed by atoms with Crippen molar-refractivity contribution in [2.24, 2.45) is 0 Å². The Morgan fingerprint density at radius 2 is 2.06 bits per heavy atom. The molecule has 0 atom stereocenters. The van der Waals surface area contributed by atoms with Gasteiger partial charge in [0.15, 0.2) is 0 Å². The van der Waals surface area contributed by atoms with Gasteiger partial charge in [-0.15, -0.1) is 0 Å². The van der Waals surface area contributed by atoms with Crippen LogP contribution in [-0.4, -0.2) is 23.2 Å². The van der Waals surface area contributed by atoms with Crippen LogP contribution in [0.1, 0.15) is 25.7 Å². The quantitative estimate of drug-likeness (QED) is 0.758. The Morgan fingerprint density at radius 1 is 1.31 bits per heavy atom. The zero-order valence-electron chi connectivity index (χ0n) is 9.05. The van der Waals surface area contributed by atoms with Crippen LogP contribution in [0.25, 0.3) is 0 Å². The lowest BCUT2D eigenvalue weighted by atomic mass is 10.2. The maximum atomic E-state index is 8.62. The summed E-state index contributed by atoms with van der Waals surface area (Å²) in [6.45, 7) is 1.18. The summed E-state index contributed by atoms with van der Waals surface area (Å²) in [5.41, 5.74) is 0. The van der Waals surface area contributed by atoms with E-state index in [4.69, 9.17) is 16.7 Å². The summed E-state index contributed by atoms with van der Waals surface area (Å²) >= 11 is 9.19. The van der Waals surface area contributed by atoms with Crippen LogP contribution >= 0.6 is 27.5 Å². The summed E-state index contributed by atoms with van der Waals surface area (Å²) in [6, 6.07) is 1.82. The van der Waals surface area contributed by atoms with Gasteiger partial charge in [-0.1, -0.05) is 24.4 Å². The standard InChI is InChI=1S/C11H16BrClN2O/c12-10-7-9(13)8-15-11(10)14-5-3-1-2-4-6-16/h7-8,16H,1-6H2,(H,14,15). The van der Waals surface area contributed by atoms with E-state index in [0.29, 0.717) is 5.02 Å². The Kier molecular flexibility index (Phi) is 6.76. The summed E-state index contributed by atoms with van der Waals surface area (Å²) in [6.07, 6.45) is 5.80.